The molecule has 0 bridgehead atoms. The van der Waals surface area contributed by atoms with E-state index in [1.54, 1.807) is 0 Å². The van der Waals surface area contributed by atoms with E-state index in [1.807, 2.05) is 0 Å². The second-order valence-corrected chi connectivity index (χ2v) is 3.97. The van der Waals surface area contributed by atoms with E-state index < -0.39 is 30.5 Å². The molecule has 0 aromatic heterocycles. The number of carbonyl (C=O) groups is 2. The lowest BCUT2D eigenvalue weighted by atomic mass is 10.1. The number of likely N-dealkylation sites (N-methyl/N-ethyl adjacent to an activating group) is 1. The molecule has 0 radical (unpaired) electrons. The molecule has 1 unspecified atom stereocenters. The molecule has 0 saturated carbocycles. The van der Waals surface area contributed by atoms with Crippen molar-refractivity contribution in [3.05, 3.63) is 0 Å². The molecule has 19 heavy (non-hydrogen) atoms. The summed E-state index contributed by atoms with van der Waals surface area (Å²) in [4.78, 5) is 22.8. The minimum absolute atomic E-state index is 0.241. The van der Waals surface area contributed by atoms with Crippen LogP contribution in [0.1, 0.15) is 0 Å². The number of ether oxygens (including phenoxy) is 1. The van der Waals surface area contributed by atoms with Crippen molar-refractivity contribution < 1.29 is 32.6 Å². The summed E-state index contributed by atoms with van der Waals surface area (Å²) in [6.45, 7) is -0.569. The van der Waals surface area contributed by atoms with Crippen molar-refractivity contribution in [3.8, 4) is 0 Å². The molecule has 2 N–H and O–H groups in total. The Morgan fingerprint density at radius 2 is 2.00 bits per heavy atom. The van der Waals surface area contributed by atoms with Crippen molar-refractivity contribution in [2.24, 2.45) is 5.92 Å². The molecule has 1 amide bonds. The first-order valence-corrected chi connectivity index (χ1v) is 5.42. The first-order valence-electron chi connectivity index (χ1n) is 5.42. The molecule has 6 nitrogen and oxygen atoms in total. The monoisotopic (exact) mass is 286 g/mol. The molecule has 0 spiro atoms. The molecule has 0 fully saturated rings. The Hall–Kier alpha value is -1.35. The maximum Gasteiger partial charge on any atom is 0.403 e. The van der Waals surface area contributed by atoms with Gasteiger partial charge in [-0.3, -0.25) is 14.5 Å². The predicted molar refractivity (Wildman–Crippen MR) is 59.6 cm³/mol. The molecule has 9 heteroatoms. The van der Waals surface area contributed by atoms with Crippen LogP contribution in [0.15, 0.2) is 0 Å². The second-order valence-electron chi connectivity index (χ2n) is 3.97. The molecular weight excluding hydrogens is 269 g/mol. The third kappa shape index (κ3) is 7.62. The van der Waals surface area contributed by atoms with E-state index in [4.69, 9.17) is 5.11 Å². The van der Waals surface area contributed by atoms with Crippen LogP contribution in [0.25, 0.3) is 0 Å². The van der Waals surface area contributed by atoms with Gasteiger partial charge in [0.25, 0.3) is 0 Å². The molecule has 0 aromatic rings. The largest absolute Gasteiger partial charge is 0.481 e. The van der Waals surface area contributed by atoms with Crippen LogP contribution in [0.4, 0.5) is 13.2 Å². The number of hydrogen-bond acceptors (Lipinski definition) is 4. The lowest BCUT2D eigenvalue weighted by molar-refractivity contribution is -0.196. The van der Waals surface area contributed by atoms with E-state index in [0.717, 1.165) is 4.90 Å². The van der Waals surface area contributed by atoms with Gasteiger partial charge in [-0.05, 0) is 7.05 Å². The molecule has 0 aliphatic rings. The number of carboxylic acid groups (broad SMARTS) is 1. The maximum absolute atomic E-state index is 12.4. The first kappa shape index (κ1) is 17.6. The number of aliphatic carboxylic acids is 1. The summed E-state index contributed by atoms with van der Waals surface area (Å²) in [5.41, 5.74) is 0. The molecule has 112 valence electrons. The van der Waals surface area contributed by atoms with Crippen molar-refractivity contribution in [1.82, 2.24) is 10.2 Å². The van der Waals surface area contributed by atoms with Crippen LogP contribution in [0, 0.1) is 5.92 Å². The fraction of sp³-hybridized carbons (Fsp3) is 0.800. The van der Waals surface area contributed by atoms with Crippen molar-refractivity contribution in [3.63, 3.8) is 0 Å². The summed E-state index contributed by atoms with van der Waals surface area (Å²) < 4.78 is 41.9. The average Bonchev–Trinajstić information content (AvgIpc) is 2.24. The van der Waals surface area contributed by atoms with Gasteiger partial charge in [0.15, 0.2) is 5.92 Å². The van der Waals surface area contributed by atoms with Crippen LogP contribution in [0.5, 0.6) is 0 Å². The Bertz CT molecular complexity index is 310. The number of amides is 1. The number of methoxy groups -OCH3 is 1. The molecular formula is C10H17F3N2O4. The Kier molecular flexibility index (Phi) is 7.38. The summed E-state index contributed by atoms with van der Waals surface area (Å²) >= 11 is 0. The molecule has 1 atom stereocenters. The highest BCUT2D eigenvalue weighted by molar-refractivity contribution is 5.78. The van der Waals surface area contributed by atoms with Gasteiger partial charge in [0.1, 0.15) is 0 Å². The maximum atomic E-state index is 12.4. The van der Waals surface area contributed by atoms with Gasteiger partial charge in [-0.15, -0.1) is 0 Å². The average molecular weight is 286 g/mol. The second kappa shape index (κ2) is 7.95. The fourth-order valence-electron chi connectivity index (χ4n) is 1.29. The molecule has 0 aromatic carbocycles. The molecule has 0 rings (SSSR count). The highest BCUT2D eigenvalue weighted by Crippen LogP contribution is 2.26. The van der Waals surface area contributed by atoms with Crippen molar-refractivity contribution in [2.45, 2.75) is 6.18 Å². The van der Waals surface area contributed by atoms with Gasteiger partial charge in [0.05, 0.1) is 13.2 Å². The predicted octanol–water partition coefficient (Wildman–Crippen LogP) is -0.0561. The zero-order valence-electron chi connectivity index (χ0n) is 10.7. The number of nitrogens with zero attached hydrogens (tertiary/aromatic N) is 1. The number of halogens is 3. The van der Waals surface area contributed by atoms with Crippen molar-refractivity contribution in [2.75, 3.05) is 40.4 Å². The Morgan fingerprint density at radius 3 is 2.42 bits per heavy atom. The van der Waals surface area contributed by atoms with Gasteiger partial charge in [0, 0.05) is 20.2 Å². The molecule has 0 saturated heterocycles. The number of alkyl halides is 3. The number of hydrogen-bond donors (Lipinski definition) is 2. The summed E-state index contributed by atoms with van der Waals surface area (Å²) in [5, 5.41) is 10.9. The highest BCUT2D eigenvalue weighted by Gasteiger charge is 2.45. The molecule has 0 aliphatic carbocycles. The zero-order chi connectivity index (χ0) is 15.1. The topological polar surface area (TPSA) is 78.9 Å². The van der Waals surface area contributed by atoms with E-state index in [1.165, 1.54) is 14.2 Å². The summed E-state index contributed by atoms with van der Waals surface area (Å²) in [5.74, 6) is -4.96. The van der Waals surface area contributed by atoms with Crippen molar-refractivity contribution >= 4 is 11.9 Å². The smallest absolute Gasteiger partial charge is 0.403 e. The van der Waals surface area contributed by atoms with Gasteiger partial charge in [0.2, 0.25) is 5.91 Å². The van der Waals surface area contributed by atoms with Crippen LogP contribution in [0.2, 0.25) is 0 Å². The minimum Gasteiger partial charge on any atom is -0.481 e. The molecule has 0 heterocycles. The lowest BCUT2D eigenvalue weighted by Crippen LogP contribution is -2.43. The van der Waals surface area contributed by atoms with Gasteiger partial charge >= 0.3 is 12.1 Å². The van der Waals surface area contributed by atoms with E-state index >= 15 is 0 Å². The Labute approximate surface area is 108 Å². The third-order valence-electron chi connectivity index (χ3n) is 2.23. The van der Waals surface area contributed by atoms with Crippen LogP contribution in [-0.2, 0) is 14.3 Å². The van der Waals surface area contributed by atoms with Crippen LogP contribution < -0.4 is 5.32 Å². The van der Waals surface area contributed by atoms with E-state index in [9.17, 15) is 22.8 Å². The Balaban J connectivity index is 4.24. The van der Waals surface area contributed by atoms with E-state index in [2.05, 4.69) is 10.1 Å². The van der Waals surface area contributed by atoms with Crippen molar-refractivity contribution in [1.29, 1.82) is 0 Å². The van der Waals surface area contributed by atoms with Gasteiger partial charge in [-0.2, -0.15) is 13.2 Å². The SMILES string of the molecule is COCCNC(=O)CN(C)CC(C(=O)O)C(F)(F)F. The number of carbonyl (C=O) groups excluding carboxylic acids is 1. The number of rotatable bonds is 8. The van der Waals surface area contributed by atoms with Gasteiger partial charge in [-0.1, -0.05) is 0 Å². The number of carboxylic acids is 1. The lowest BCUT2D eigenvalue weighted by Gasteiger charge is -2.22. The minimum atomic E-state index is -4.84. The first-order chi connectivity index (χ1) is 8.68. The Morgan fingerprint density at radius 1 is 1.42 bits per heavy atom. The number of nitrogens with one attached hydrogen (secondary N) is 1. The summed E-state index contributed by atoms with van der Waals surface area (Å²) in [6, 6.07) is 0. The van der Waals surface area contributed by atoms with Crippen LogP contribution in [-0.4, -0.2) is 68.5 Å². The van der Waals surface area contributed by atoms with Crippen LogP contribution >= 0.6 is 0 Å². The molecule has 0 aliphatic heterocycles. The van der Waals surface area contributed by atoms with Gasteiger partial charge in [-0.25, -0.2) is 0 Å². The summed E-state index contributed by atoms with van der Waals surface area (Å²) in [7, 11) is 2.69. The van der Waals surface area contributed by atoms with Gasteiger partial charge < -0.3 is 15.2 Å². The third-order valence-corrected chi connectivity index (χ3v) is 2.23. The quantitative estimate of drug-likeness (QED) is 0.611. The van der Waals surface area contributed by atoms with Crippen LogP contribution in [0.3, 0.4) is 0 Å². The summed E-state index contributed by atoms with van der Waals surface area (Å²) in [6.07, 6.45) is -4.84. The highest BCUT2D eigenvalue weighted by atomic mass is 19.4. The normalized spacial score (nSPS) is 13.4. The van der Waals surface area contributed by atoms with E-state index in [-0.39, 0.29) is 19.7 Å². The standard InChI is InChI=1S/C10H17F3N2O4/c1-15(6-8(16)14-3-4-19-2)5-7(9(17)18)10(11,12)13/h7H,3-6H2,1-2H3,(H,14,16)(H,17,18). The van der Waals surface area contributed by atoms with E-state index in [0.29, 0.717) is 0 Å². The fourth-order valence-corrected chi connectivity index (χ4v) is 1.29. The zero-order valence-corrected chi connectivity index (χ0v) is 10.7.